The maximum Gasteiger partial charge on any atom is 0.291 e. The molecule has 7 heteroatoms. The molecule has 1 amide bonds. The van der Waals surface area contributed by atoms with Crippen molar-refractivity contribution in [3.8, 4) is 0 Å². The van der Waals surface area contributed by atoms with Gasteiger partial charge in [0, 0.05) is 36.5 Å². The van der Waals surface area contributed by atoms with Crippen molar-refractivity contribution in [1.29, 1.82) is 0 Å². The number of nitrogens with zero attached hydrogens (tertiary/aromatic N) is 3. The molecule has 2 saturated heterocycles. The molecule has 0 bridgehead atoms. The zero-order valence-corrected chi connectivity index (χ0v) is 14.7. The van der Waals surface area contributed by atoms with Crippen LogP contribution in [0.1, 0.15) is 33.4 Å². The van der Waals surface area contributed by atoms with Crippen molar-refractivity contribution in [2.45, 2.75) is 32.8 Å². The lowest BCUT2D eigenvalue weighted by atomic mass is 9.83. The molecule has 0 N–H and O–H groups in total. The fraction of sp³-hybridized carbons (Fsp3) is 0.588. The Balaban J connectivity index is 1.40. The predicted octanol–water partition coefficient (Wildman–Crippen LogP) is 2.47. The Morgan fingerprint density at radius 1 is 1.46 bits per heavy atom. The third-order valence-corrected chi connectivity index (χ3v) is 6.05. The molecule has 0 spiro atoms. The highest BCUT2D eigenvalue weighted by Gasteiger charge is 2.42. The first-order valence-electron chi connectivity index (χ1n) is 8.34. The Morgan fingerprint density at radius 3 is 3.04 bits per heavy atom. The Kier molecular flexibility index (Phi) is 4.14. The summed E-state index contributed by atoms with van der Waals surface area (Å²) in [7, 11) is 0. The first-order chi connectivity index (χ1) is 11.6. The topological polar surface area (TPSA) is 68.5 Å². The minimum absolute atomic E-state index is 0.0533. The second kappa shape index (κ2) is 6.29. The van der Waals surface area contributed by atoms with Crippen molar-refractivity contribution in [3.63, 3.8) is 0 Å². The van der Waals surface area contributed by atoms with Gasteiger partial charge in [0.1, 0.15) is 0 Å². The van der Waals surface area contributed by atoms with Crippen LogP contribution in [0.25, 0.3) is 0 Å². The average molecular weight is 347 g/mol. The van der Waals surface area contributed by atoms with Crippen molar-refractivity contribution in [2.75, 3.05) is 19.7 Å². The van der Waals surface area contributed by atoms with Crippen molar-refractivity contribution < 1.29 is 13.9 Å². The van der Waals surface area contributed by atoms with E-state index in [1.54, 1.807) is 18.3 Å². The first-order valence-corrected chi connectivity index (χ1v) is 9.21. The van der Waals surface area contributed by atoms with Crippen LogP contribution < -0.4 is 0 Å². The lowest BCUT2D eigenvalue weighted by molar-refractivity contribution is 0.0581. The highest BCUT2D eigenvalue weighted by Crippen LogP contribution is 2.36. The molecule has 0 radical (unpaired) electrons. The number of hydrogen-bond donors (Lipinski definition) is 0. The monoisotopic (exact) mass is 347 g/mol. The normalized spacial score (nSPS) is 26.6. The zero-order chi connectivity index (χ0) is 16.7. The Morgan fingerprint density at radius 2 is 2.33 bits per heavy atom. The lowest BCUT2D eigenvalue weighted by Gasteiger charge is -2.35. The van der Waals surface area contributed by atoms with E-state index >= 15 is 0 Å². The highest BCUT2D eigenvalue weighted by atomic mass is 32.1. The fourth-order valence-corrected chi connectivity index (χ4v) is 4.62. The number of fused-ring (bicyclic) bond motifs is 1. The molecule has 0 saturated carbocycles. The zero-order valence-electron chi connectivity index (χ0n) is 13.9. The number of amides is 1. The number of ether oxygens (including phenoxy) is 1. The second-order valence-corrected chi connectivity index (χ2v) is 7.63. The number of hydrogen-bond acceptors (Lipinski definition) is 6. The van der Waals surface area contributed by atoms with E-state index in [0.717, 1.165) is 43.2 Å². The minimum Gasteiger partial charge on any atom is -0.438 e. The summed E-state index contributed by atoms with van der Waals surface area (Å²) in [6.45, 7) is 6.02. The summed E-state index contributed by atoms with van der Waals surface area (Å²) >= 11 is 1.71. The van der Waals surface area contributed by atoms with Crippen LogP contribution in [0.5, 0.6) is 0 Å². The second-order valence-electron chi connectivity index (χ2n) is 6.69. The fourth-order valence-electron chi connectivity index (χ4n) is 3.80. The number of carbonyl (C=O) groups is 1. The van der Waals surface area contributed by atoms with Crippen molar-refractivity contribution in [2.24, 2.45) is 11.8 Å². The van der Waals surface area contributed by atoms with E-state index in [-0.39, 0.29) is 12.0 Å². The van der Waals surface area contributed by atoms with Crippen LogP contribution in [0.2, 0.25) is 0 Å². The molecule has 2 aliphatic rings. The maximum absolute atomic E-state index is 12.6. The number of carbonyl (C=O) groups excluding carboxylic acids is 1. The molecule has 0 aliphatic carbocycles. The summed E-state index contributed by atoms with van der Waals surface area (Å²) in [6.07, 6.45) is 3.41. The van der Waals surface area contributed by atoms with Crippen LogP contribution in [-0.2, 0) is 11.2 Å². The quantitative estimate of drug-likeness (QED) is 0.853. The van der Waals surface area contributed by atoms with Gasteiger partial charge in [-0.05, 0) is 26.2 Å². The minimum atomic E-state index is -0.0533. The molecule has 128 valence electrons. The molecule has 0 unspecified atom stereocenters. The van der Waals surface area contributed by atoms with Gasteiger partial charge in [-0.25, -0.2) is 9.97 Å². The standard InChI is InChI=1S/C17H21N3O3S/c1-10-8-24-15(19-10)5-14-13-3-4-20(6-12(13)7-22-14)17(21)16-11(2)18-9-23-16/h8-9,12-14H,3-7H2,1-2H3/t12-,13-,14-/m1/s1. The van der Waals surface area contributed by atoms with Crippen molar-refractivity contribution in [3.05, 3.63) is 33.9 Å². The van der Waals surface area contributed by atoms with E-state index in [2.05, 4.69) is 15.3 Å². The van der Waals surface area contributed by atoms with E-state index < -0.39 is 0 Å². The van der Waals surface area contributed by atoms with E-state index in [1.807, 2.05) is 11.8 Å². The van der Waals surface area contributed by atoms with Crippen LogP contribution >= 0.6 is 11.3 Å². The van der Waals surface area contributed by atoms with Gasteiger partial charge in [-0.3, -0.25) is 4.79 Å². The number of thiazole rings is 1. The number of piperidine rings is 1. The molecule has 2 aromatic rings. The number of aromatic nitrogens is 2. The average Bonchev–Trinajstić information content (AvgIpc) is 3.28. The smallest absolute Gasteiger partial charge is 0.291 e. The third kappa shape index (κ3) is 2.86. The summed E-state index contributed by atoms with van der Waals surface area (Å²) < 4.78 is 11.3. The van der Waals surface area contributed by atoms with Gasteiger partial charge in [0.25, 0.3) is 5.91 Å². The van der Waals surface area contributed by atoms with E-state index in [1.165, 1.54) is 6.39 Å². The Hall–Kier alpha value is -1.73. The first kappa shape index (κ1) is 15.8. The molecule has 24 heavy (non-hydrogen) atoms. The van der Waals surface area contributed by atoms with Gasteiger partial charge in [-0.15, -0.1) is 11.3 Å². The lowest BCUT2D eigenvalue weighted by Crippen LogP contribution is -2.44. The molecule has 2 aliphatic heterocycles. The molecule has 6 nitrogen and oxygen atoms in total. The SMILES string of the molecule is Cc1csc(C[C@H]2OC[C@H]3CN(C(=O)c4ocnc4C)CC[C@H]32)n1. The summed E-state index contributed by atoms with van der Waals surface area (Å²) in [6, 6.07) is 0. The third-order valence-electron chi connectivity index (χ3n) is 5.06. The van der Waals surface area contributed by atoms with Gasteiger partial charge in [-0.2, -0.15) is 0 Å². The highest BCUT2D eigenvalue weighted by molar-refractivity contribution is 7.09. The number of oxazole rings is 1. The maximum atomic E-state index is 12.6. The van der Waals surface area contributed by atoms with Crippen molar-refractivity contribution >= 4 is 17.2 Å². The molecule has 4 rings (SSSR count). The number of aryl methyl sites for hydroxylation is 2. The van der Waals surface area contributed by atoms with E-state index in [0.29, 0.717) is 23.3 Å². The van der Waals surface area contributed by atoms with Crippen LogP contribution in [0.3, 0.4) is 0 Å². The van der Waals surface area contributed by atoms with Gasteiger partial charge in [-0.1, -0.05) is 0 Å². The largest absolute Gasteiger partial charge is 0.438 e. The van der Waals surface area contributed by atoms with Gasteiger partial charge >= 0.3 is 0 Å². The van der Waals surface area contributed by atoms with Crippen LogP contribution in [0.4, 0.5) is 0 Å². The predicted molar refractivity (Wildman–Crippen MR) is 89.0 cm³/mol. The van der Waals surface area contributed by atoms with Crippen molar-refractivity contribution in [1.82, 2.24) is 14.9 Å². The summed E-state index contributed by atoms with van der Waals surface area (Å²) in [5.41, 5.74) is 1.73. The summed E-state index contributed by atoms with van der Waals surface area (Å²) in [4.78, 5) is 23.0. The van der Waals surface area contributed by atoms with E-state index in [9.17, 15) is 4.79 Å². The molecular formula is C17H21N3O3S. The van der Waals surface area contributed by atoms with E-state index in [4.69, 9.17) is 9.15 Å². The molecule has 0 aromatic carbocycles. The molecule has 2 fully saturated rings. The Bertz CT molecular complexity index is 741. The molecule has 2 aromatic heterocycles. The molecular weight excluding hydrogens is 326 g/mol. The number of likely N-dealkylation sites (tertiary alicyclic amines) is 1. The number of rotatable bonds is 3. The van der Waals surface area contributed by atoms with Gasteiger partial charge < -0.3 is 14.1 Å². The van der Waals surface area contributed by atoms with Crippen LogP contribution in [0.15, 0.2) is 16.2 Å². The summed E-state index contributed by atoms with van der Waals surface area (Å²) in [5, 5.41) is 3.23. The summed E-state index contributed by atoms with van der Waals surface area (Å²) in [5.74, 6) is 1.22. The van der Waals surface area contributed by atoms with Crippen LogP contribution in [0, 0.1) is 25.7 Å². The Labute approximate surface area is 144 Å². The molecule has 3 atom stereocenters. The van der Waals surface area contributed by atoms with Gasteiger partial charge in [0.15, 0.2) is 6.39 Å². The molecule has 4 heterocycles. The van der Waals surface area contributed by atoms with Gasteiger partial charge in [0.05, 0.1) is 23.4 Å². The van der Waals surface area contributed by atoms with Crippen LogP contribution in [-0.4, -0.2) is 46.6 Å². The van der Waals surface area contributed by atoms with Gasteiger partial charge in [0.2, 0.25) is 5.76 Å².